The highest BCUT2D eigenvalue weighted by molar-refractivity contribution is 6.09. The van der Waals surface area contributed by atoms with Gasteiger partial charge in [-0.1, -0.05) is 94.3 Å². The van der Waals surface area contributed by atoms with Crippen LogP contribution in [0.4, 0.5) is 0 Å². The SMILES string of the molecule is CC(C)(C)c1cc(-c2ccc3c4ccccc4n(C(C)(C)C)c3c2)cc2c1C1(CCCC1)c1ccccc1-2. The standard InChI is InChI=1S/C37H39N/c1-35(2,3)31-22-25(21-29-26-13-7-9-15-30(26)37(34(29)31)19-11-12-20-37)24-17-18-28-27-14-8-10-16-32(27)38(33(28)23-24)36(4,5)6/h7-10,13-18,21-23H,11-12,19-20H2,1-6H3. The third-order valence-electron chi connectivity index (χ3n) is 9.29. The van der Waals surface area contributed by atoms with E-state index < -0.39 is 0 Å². The summed E-state index contributed by atoms with van der Waals surface area (Å²) in [5, 5.41) is 2.68. The van der Waals surface area contributed by atoms with E-state index in [4.69, 9.17) is 0 Å². The van der Waals surface area contributed by atoms with Crippen LogP contribution in [0, 0.1) is 0 Å². The van der Waals surface area contributed by atoms with Gasteiger partial charge in [0.25, 0.3) is 0 Å². The van der Waals surface area contributed by atoms with E-state index in [1.54, 1.807) is 11.1 Å². The van der Waals surface area contributed by atoms with Crippen molar-refractivity contribution >= 4 is 21.8 Å². The lowest BCUT2D eigenvalue weighted by Gasteiger charge is -2.33. The zero-order valence-electron chi connectivity index (χ0n) is 23.8. The highest BCUT2D eigenvalue weighted by atomic mass is 15.0. The number of para-hydroxylation sites is 1. The molecular weight excluding hydrogens is 458 g/mol. The van der Waals surface area contributed by atoms with Crippen LogP contribution in [0.3, 0.4) is 0 Å². The molecule has 1 nitrogen and oxygen atoms in total. The van der Waals surface area contributed by atoms with E-state index in [1.165, 1.54) is 75.3 Å². The molecule has 0 bridgehead atoms. The Bertz CT molecular complexity index is 1730. The molecule has 0 N–H and O–H groups in total. The molecule has 1 spiro atoms. The molecule has 2 aliphatic carbocycles. The molecule has 0 amide bonds. The van der Waals surface area contributed by atoms with Crippen LogP contribution in [0.1, 0.15) is 83.9 Å². The topological polar surface area (TPSA) is 4.93 Å². The van der Waals surface area contributed by atoms with E-state index >= 15 is 0 Å². The van der Waals surface area contributed by atoms with Crippen molar-refractivity contribution in [3.05, 3.63) is 95.6 Å². The van der Waals surface area contributed by atoms with Crippen molar-refractivity contribution in [3.63, 3.8) is 0 Å². The highest BCUT2D eigenvalue weighted by Gasteiger charge is 2.47. The van der Waals surface area contributed by atoms with Gasteiger partial charge in [-0.2, -0.15) is 0 Å². The summed E-state index contributed by atoms with van der Waals surface area (Å²) in [4.78, 5) is 0. The van der Waals surface area contributed by atoms with Crippen LogP contribution < -0.4 is 0 Å². The minimum Gasteiger partial charge on any atom is -0.335 e. The predicted molar refractivity (Wildman–Crippen MR) is 163 cm³/mol. The lowest BCUT2D eigenvalue weighted by Crippen LogP contribution is -2.26. The Balaban J connectivity index is 1.53. The number of fused-ring (bicyclic) bond motifs is 8. The van der Waals surface area contributed by atoms with Crippen molar-refractivity contribution in [2.75, 3.05) is 0 Å². The summed E-state index contributed by atoms with van der Waals surface area (Å²) < 4.78 is 2.53. The average Bonchev–Trinajstić information content (AvgIpc) is 3.57. The molecule has 0 unspecified atom stereocenters. The maximum Gasteiger partial charge on any atom is 0.0502 e. The normalized spacial score (nSPS) is 16.5. The van der Waals surface area contributed by atoms with Crippen molar-refractivity contribution in [3.8, 4) is 22.3 Å². The second kappa shape index (κ2) is 7.85. The first-order chi connectivity index (χ1) is 18.1. The lowest BCUT2D eigenvalue weighted by molar-refractivity contribution is 0.423. The Morgan fingerprint density at radius 3 is 2.05 bits per heavy atom. The number of nitrogens with zero attached hydrogens (tertiary/aromatic N) is 1. The van der Waals surface area contributed by atoms with Crippen molar-refractivity contribution in [2.24, 2.45) is 0 Å². The molecule has 7 rings (SSSR count). The third-order valence-corrected chi connectivity index (χ3v) is 9.29. The van der Waals surface area contributed by atoms with E-state index in [9.17, 15) is 0 Å². The molecule has 5 aromatic rings. The summed E-state index contributed by atoms with van der Waals surface area (Å²) in [6.07, 6.45) is 5.20. The van der Waals surface area contributed by atoms with Crippen LogP contribution in [0.15, 0.2) is 78.9 Å². The smallest absolute Gasteiger partial charge is 0.0502 e. The first-order valence-electron chi connectivity index (χ1n) is 14.4. The quantitative estimate of drug-likeness (QED) is 0.217. The second-order valence-corrected chi connectivity index (χ2v) is 13.8. The molecule has 0 atom stereocenters. The van der Waals surface area contributed by atoms with Gasteiger partial charge in [-0.3, -0.25) is 0 Å². The molecule has 2 aliphatic rings. The molecule has 192 valence electrons. The Morgan fingerprint density at radius 1 is 0.632 bits per heavy atom. The van der Waals surface area contributed by atoms with E-state index in [1.807, 2.05) is 0 Å². The maximum absolute atomic E-state index is 2.54. The average molecular weight is 498 g/mol. The summed E-state index contributed by atoms with van der Waals surface area (Å²) in [5.74, 6) is 0. The number of aromatic nitrogens is 1. The molecule has 1 fully saturated rings. The van der Waals surface area contributed by atoms with Gasteiger partial charge in [0.2, 0.25) is 0 Å². The second-order valence-electron chi connectivity index (χ2n) is 13.8. The van der Waals surface area contributed by atoms with E-state index in [0.717, 1.165) is 0 Å². The van der Waals surface area contributed by atoms with Crippen LogP contribution in [0.5, 0.6) is 0 Å². The van der Waals surface area contributed by atoms with E-state index in [2.05, 4.69) is 125 Å². The van der Waals surface area contributed by atoms with Gasteiger partial charge in [0, 0.05) is 27.2 Å². The molecule has 1 aromatic heterocycles. The summed E-state index contributed by atoms with van der Waals surface area (Å²) in [5.41, 5.74) is 13.2. The maximum atomic E-state index is 2.54. The summed E-state index contributed by atoms with van der Waals surface area (Å²) in [6, 6.07) is 30.3. The minimum atomic E-state index is -0.0116. The number of benzene rings is 4. The van der Waals surface area contributed by atoms with Crippen LogP contribution in [-0.4, -0.2) is 4.57 Å². The fraction of sp³-hybridized carbons (Fsp3) is 0.351. The fourth-order valence-corrected chi connectivity index (χ4v) is 7.77. The first kappa shape index (κ1) is 23.8. The van der Waals surface area contributed by atoms with Gasteiger partial charge in [-0.15, -0.1) is 0 Å². The van der Waals surface area contributed by atoms with Crippen LogP contribution >= 0.6 is 0 Å². The Hall–Kier alpha value is -3.32. The van der Waals surface area contributed by atoms with Crippen molar-refractivity contribution in [1.29, 1.82) is 0 Å². The molecule has 0 radical (unpaired) electrons. The number of hydrogen-bond donors (Lipinski definition) is 0. The van der Waals surface area contributed by atoms with Crippen molar-refractivity contribution < 1.29 is 0 Å². The molecule has 4 aromatic carbocycles. The zero-order valence-corrected chi connectivity index (χ0v) is 23.8. The van der Waals surface area contributed by atoms with Gasteiger partial charge in [-0.05, 0) is 96.2 Å². The highest BCUT2D eigenvalue weighted by Crippen LogP contribution is 2.59. The Kier molecular flexibility index (Phi) is 4.91. The third kappa shape index (κ3) is 3.24. The van der Waals surface area contributed by atoms with E-state index in [-0.39, 0.29) is 16.4 Å². The molecule has 1 saturated carbocycles. The monoisotopic (exact) mass is 497 g/mol. The predicted octanol–water partition coefficient (Wildman–Crippen LogP) is 10.4. The first-order valence-corrected chi connectivity index (χ1v) is 14.4. The summed E-state index contributed by atoms with van der Waals surface area (Å²) >= 11 is 0. The van der Waals surface area contributed by atoms with Crippen molar-refractivity contribution in [2.45, 2.75) is 83.6 Å². The molecule has 38 heavy (non-hydrogen) atoms. The number of hydrogen-bond acceptors (Lipinski definition) is 0. The van der Waals surface area contributed by atoms with Gasteiger partial charge >= 0.3 is 0 Å². The Morgan fingerprint density at radius 2 is 1.32 bits per heavy atom. The van der Waals surface area contributed by atoms with Crippen LogP contribution in [0.2, 0.25) is 0 Å². The molecule has 1 heteroatoms. The van der Waals surface area contributed by atoms with Crippen molar-refractivity contribution in [1.82, 2.24) is 4.57 Å². The van der Waals surface area contributed by atoms with E-state index in [0.29, 0.717) is 0 Å². The van der Waals surface area contributed by atoms with Crippen LogP contribution in [0.25, 0.3) is 44.1 Å². The van der Waals surface area contributed by atoms with Gasteiger partial charge in [0.15, 0.2) is 0 Å². The molecule has 0 saturated heterocycles. The van der Waals surface area contributed by atoms with Gasteiger partial charge < -0.3 is 4.57 Å². The molecule has 1 heterocycles. The minimum absolute atomic E-state index is 0.0116. The van der Waals surface area contributed by atoms with Gasteiger partial charge in [0.1, 0.15) is 0 Å². The fourth-order valence-electron chi connectivity index (χ4n) is 7.77. The molecule has 0 aliphatic heterocycles. The summed E-state index contributed by atoms with van der Waals surface area (Å²) in [7, 11) is 0. The van der Waals surface area contributed by atoms with Crippen LogP contribution in [-0.2, 0) is 16.4 Å². The zero-order chi connectivity index (χ0) is 26.4. The summed E-state index contributed by atoms with van der Waals surface area (Å²) in [6.45, 7) is 14.2. The number of rotatable bonds is 1. The lowest BCUT2D eigenvalue weighted by atomic mass is 9.70. The van der Waals surface area contributed by atoms with Gasteiger partial charge in [-0.25, -0.2) is 0 Å². The van der Waals surface area contributed by atoms with Gasteiger partial charge in [0.05, 0.1) is 5.52 Å². The largest absolute Gasteiger partial charge is 0.335 e. The Labute approximate surface area is 227 Å². The molecular formula is C37H39N.